The maximum Gasteiger partial charge on any atom is 0.130 e. The SMILES string of the molecule is Cc1ccc(F)c(C=Cc2nccc3ccccc23)c1. The van der Waals surface area contributed by atoms with E-state index in [2.05, 4.69) is 4.98 Å². The van der Waals surface area contributed by atoms with Crippen LogP contribution in [0.1, 0.15) is 16.8 Å². The van der Waals surface area contributed by atoms with Crippen LogP contribution in [0.25, 0.3) is 22.9 Å². The third-order valence-corrected chi connectivity index (χ3v) is 3.28. The van der Waals surface area contributed by atoms with E-state index in [-0.39, 0.29) is 5.82 Å². The van der Waals surface area contributed by atoms with Gasteiger partial charge in [0.2, 0.25) is 0 Å². The van der Waals surface area contributed by atoms with Crippen LogP contribution in [0.4, 0.5) is 4.39 Å². The van der Waals surface area contributed by atoms with Crippen molar-refractivity contribution in [2.75, 3.05) is 0 Å². The number of hydrogen-bond acceptors (Lipinski definition) is 1. The van der Waals surface area contributed by atoms with Crippen LogP contribution in [0.15, 0.2) is 54.7 Å². The molecule has 0 aliphatic heterocycles. The van der Waals surface area contributed by atoms with Crippen molar-refractivity contribution in [1.82, 2.24) is 4.98 Å². The summed E-state index contributed by atoms with van der Waals surface area (Å²) in [6.07, 6.45) is 5.41. The van der Waals surface area contributed by atoms with Gasteiger partial charge in [0.15, 0.2) is 0 Å². The van der Waals surface area contributed by atoms with Crippen molar-refractivity contribution in [2.45, 2.75) is 6.92 Å². The zero-order chi connectivity index (χ0) is 13.9. The molecule has 1 nitrogen and oxygen atoms in total. The van der Waals surface area contributed by atoms with E-state index in [4.69, 9.17) is 0 Å². The van der Waals surface area contributed by atoms with Gasteiger partial charge in [0, 0.05) is 17.1 Å². The Balaban J connectivity index is 2.05. The molecule has 0 fully saturated rings. The predicted molar refractivity (Wildman–Crippen MR) is 81.8 cm³/mol. The third-order valence-electron chi connectivity index (χ3n) is 3.28. The molecule has 0 aliphatic rings. The van der Waals surface area contributed by atoms with E-state index in [0.29, 0.717) is 5.56 Å². The first-order valence-corrected chi connectivity index (χ1v) is 6.52. The molecule has 0 saturated heterocycles. The summed E-state index contributed by atoms with van der Waals surface area (Å²) in [5.74, 6) is -0.216. The van der Waals surface area contributed by atoms with Crippen LogP contribution in [0.2, 0.25) is 0 Å². The van der Waals surface area contributed by atoms with Crippen molar-refractivity contribution in [2.24, 2.45) is 0 Å². The fraction of sp³-hybridized carbons (Fsp3) is 0.0556. The van der Waals surface area contributed by atoms with Gasteiger partial charge >= 0.3 is 0 Å². The van der Waals surface area contributed by atoms with E-state index >= 15 is 0 Å². The van der Waals surface area contributed by atoms with Crippen molar-refractivity contribution in [3.05, 3.63) is 77.4 Å². The van der Waals surface area contributed by atoms with E-state index in [1.807, 2.05) is 49.4 Å². The molecule has 0 saturated carbocycles. The number of hydrogen-bond donors (Lipinski definition) is 0. The lowest BCUT2D eigenvalue weighted by Crippen LogP contribution is -1.85. The molecule has 2 aromatic carbocycles. The second kappa shape index (κ2) is 5.25. The van der Waals surface area contributed by atoms with Crippen LogP contribution in [-0.2, 0) is 0 Å². The molecule has 0 N–H and O–H groups in total. The third kappa shape index (κ3) is 2.45. The lowest BCUT2D eigenvalue weighted by atomic mass is 10.1. The summed E-state index contributed by atoms with van der Waals surface area (Å²) >= 11 is 0. The van der Waals surface area contributed by atoms with Gasteiger partial charge in [-0.15, -0.1) is 0 Å². The van der Waals surface area contributed by atoms with Crippen molar-refractivity contribution in [3.63, 3.8) is 0 Å². The zero-order valence-corrected chi connectivity index (χ0v) is 11.2. The number of halogens is 1. The molecule has 0 aliphatic carbocycles. The molecule has 1 heterocycles. The number of rotatable bonds is 2. The molecule has 0 radical (unpaired) electrons. The fourth-order valence-corrected chi connectivity index (χ4v) is 2.24. The Kier molecular flexibility index (Phi) is 3.30. The number of benzene rings is 2. The summed E-state index contributed by atoms with van der Waals surface area (Å²) in [7, 11) is 0. The Bertz CT molecular complexity index is 785. The molecule has 20 heavy (non-hydrogen) atoms. The number of aryl methyl sites for hydroxylation is 1. The highest BCUT2D eigenvalue weighted by Crippen LogP contribution is 2.19. The van der Waals surface area contributed by atoms with E-state index in [9.17, 15) is 4.39 Å². The standard InChI is InChI=1S/C18H14FN/c1-13-6-8-17(19)15(12-13)7-9-18-16-5-3-2-4-14(16)10-11-20-18/h2-12H,1H3. The largest absolute Gasteiger partial charge is 0.256 e. The number of nitrogens with zero attached hydrogens (tertiary/aromatic N) is 1. The Morgan fingerprint density at radius 1 is 1.00 bits per heavy atom. The van der Waals surface area contributed by atoms with Crippen LogP contribution in [0, 0.1) is 12.7 Å². The minimum Gasteiger partial charge on any atom is -0.256 e. The molecule has 1 aromatic heterocycles. The van der Waals surface area contributed by atoms with Crippen LogP contribution >= 0.6 is 0 Å². The molecular formula is C18H14FN. The Labute approximate surface area is 117 Å². The summed E-state index contributed by atoms with van der Waals surface area (Å²) in [6.45, 7) is 1.95. The number of aromatic nitrogens is 1. The highest BCUT2D eigenvalue weighted by Gasteiger charge is 2.00. The highest BCUT2D eigenvalue weighted by molar-refractivity contribution is 5.91. The number of pyridine rings is 1. The van der Waals surface area contributed by atoms with Crippen molar-refractivity contribution in [3.8, 4) is 0 Å². The summed E-state index contributed by atoms with van der Waals surface area (Å²) in [5.41, 5.74) is 2.47. The molecule has 3 rings (SSSR count). The van der Waals surface area contributed by atoms with Gasteiger partial charge in [-0.2, -0.15) is 0 Å². The molecular weight excluding hydrogens is 249 g/mol. The predicted octanol–water partition coefficient (Wildman–Crippen LogP) is 4.85. The van der Waals surface area contributed by atoms with E-state index in [1.54, 1.807) is 18.3 Å². The van der Waals surface area contributed by atoms with Gasteiger partial charge in [0.1, 0.15) is 5.82 Å². The summed E-state index contributed by atoms with van der Waals surface area (Å²) in [4.78, 5) is 4.36. The topological polar surface area (TPSA) is 12.9 Å². The van der Waals surface area contributed by atoms with Gasteiger partial charge in [-0.3, -0.25) is 4.98 Å². The molecule has 0 unspecified atom stereocenters. The van der Waals surface area contributed by atoms with E-state index in [1.165, 1.54) is 6.07 Å². The molecule has 3 aromatic rings. The molecule has 0 spiro atoms. The first kappa shape index (κ1) is 12.5. The maximum absolute atomic E-state index is 13.7. The summed E-state index contributed by atoms with van der Waals surface area (Å²) in [5, 5.41) is 2.20. The van der Waals surface area contributed by atoms with Gasteiger partial charge in [-0.05, 0) is 42.7 Å². The van der Waals surface area contributed by atoms with Crippen molar-refractivity contribution in [1.29, 1.82) is 0 Å². The van der Waals surface area contributed by atoms with E-state index in [0.717, 1.165) is 22.0 Å². The number of fused-ring (bicyclic) bond motifs is 1. The normalized spacial score (nSPS) is 11.3. The lowest BCUT2D eigenvalue weighted by Gasteiger charge is -2.02. The Morgan fingerprint density at radius 3 is 2.75 bits per heavy atom. The fourth-order valence-electron chi connectivity index (χ4n) is 2.24. The van der Waals surface area contributed by atoms with Gasteiger partial charge < -0.3 is 0 Å². The average Bonchev–Trinajstić information content (AvgIpc) is 2.48. The van der Waals surface area contributed by atoms with Gasteiger partial charge in [-0.1, -0.05) is 35.9 Å². The Hall–Kier alpha value is -2.48. The highest BCUT2D eigenvalue weighted by atomic mass is 19.1. The first-order chi connectivity index (χ1) is 9.74. The summed E-state index contributed by atoms with van der Waals surface area (Å²) in [6, 6.07) is 15.1. The minimum atomic E-state index is -0.216. The Morgan fingerprint density at radius 2 is 1.85 bits per heavy atom. The quantitative estimate of drug-likeness (QED) is 0.644. The molecule has 0 atom stereocenters. The maximum atomic E-state index is 13.7. The molecule has 0 bridgehead atoms. The van der Waals surface area contributed by atoms with Crippen LogP contribution < -0.4 is 0 Å². The minimum absolute atomic E-state index is 0.216. The second-order valence-corrected chi connectivity index (χ2v) is 4.78. The molecule has 98 valence electrons. The van der Waals surface area contributed by atoms with Crippen LogP contribution in [-0.4, -0.2) is 4.98 Å². The van der Waals surface area contributed by atoms with Crippen LogP contribution in [0.5, 0.6) is 0 Å². The zero-order valence-electron chi connectivity index (χ0n) is 11.2. The second-order valence-electron chi connectivity index (χ2n) is 4.78. The van der Waals surface area contributed by atoms with Gasteiger partial charge in [-0.25, -0.2) is 4.39 Å². The van der Waals surface area contributed by atoms with Crippen molar-refractivity contribution >= 4 is 22.9 Å². The van der Waals surface area contributed by atoms with Gasteiger partial charge in [0.05, 0.1) is 5.69 Å². The molecule has 0 amide bonds. The van der Waals surface area contributed by atoms with Crippen molar-refractivity contribution < 1.29 is 4.39 Å². The monoisotopic (exact) mass is 263 g/mol. The lowest BCUT2D eigenvalue weighted by molar-refractivity contribution is 0.624. The first-order valence-electron chi connectivity index (χ1n) is 6.52. The summed E-state index contributed by atoms with van der Waals surface area (Å²) < 4.78 is 13.7. The molecule has 2 heteroatoms. The van der Waals surface area contributed by atoms with Crippen LogP contribution in [0.3, 0.4) is 0 Å². The smallest absolute Gasteiger partial charge is 0.130 e. The van der Waals surface area contributed by atoms with Gasteiger partial charge in [0.25, 0.3) is 0 Å². The average molecular weight is 263 g/mol. The van der Waals surface area contributed by atoms with E-state index < -0.39 is 0 Å².